The second-order valence-electron chi connectivity index (χ2n) is 9.45. The highest BCUT2D eigenvalue weighted by Gasteiger charge is 2.43. The second kappa shape index (κ2) is 16.1. The summed E-state index contributed by atoms with van der Waals surface area (Å²) in [6.07, 6.45) is 5.99. The van der Waals surface area contributed by atoms with Crippen LogP contribution in [0.25, 0.3) is 0 Å². The summed E-state index contributed by atoms with van der Waals surface area (Å²) in [6, 6.07) is 0. The molecule has 0 radical (unpaired) electrons. The van der Waals surface area contributed by atoms with Gasteiger partial charge in [0.2, 0.25) is 0 Å². The molecule has 36 heavy (non-hydrogen) atoms. The summed E-state index contributed by atoms with van der Waals surface area (Å²) in [5.74, 6) is -5.43. The molecule has 1 heterocycles. The van der Waals surface area contributed by atoms with E-state index in [1.165, 1.54) is 4.90 Å². The molecule has 0 aromatic carbocycles. The molecular formula is C23H39N3O10. The van der Waals surface area contributed by atoms with Gasteiger partial charge < -0.3 is 25.5 Å². The fraction of sp³-hybridized carbons (Fsp3) is 0.783. The third kappa shape index (κ3) is 12.8. The van der Waals surface area contributed by atoms with Gasteiger partial charge in [-0.15, -0.1) is 0 Å². The molecule has 0 bridgehead atoms. The Morgan fingerprint density at radius 1 is 0.583 bits per heavy atom. The molecule has 0 aliphatic carbocycles. The van der Waals surface area contributed by atoms with E-state index in [2.05, 4.69) is 0 Å². The molecule has 1 rings (SSSR count). The van der Waals surface area contributed by atoms with Gasteiger partial charge in [0.05, 0.1) is 26.2 Å². The first-order valence-corrected chi connectivity index (χ1v) is 12.2. The standard InChI is InChI=1S/C23H39N3O10/c27-18(28)8-6-4-2-1-3-5-7-9-23(26(14-21(33)34)15-22(35)36)16-24(12-19(29)30)10-11-25(17-23)13-20(31)32/h1-17H2,(H,27,28)(H,29,30)(H,31,32)(H,33,34)(H,35,36). The highest BCUT2D eigenvalue weighted by molar-refractivity contribution is 5.73. The Labute approximate surface area is 210 Å². The summed E-state index contributed by atoms with van der Waals surface area (Å²) in [5.41, 5.74) is -1.07. The van der Waals surface area contributed by atoms with Crippen molar-refractivity contribution in [1.82, 2.24) is 14.7 Å². The third-order valence-corrected chi connectivity index (χ3v) is 6.34. The predicted octanol–water partition coefficient (Wildman–Crippen LogP) is 0.579. The molecule has 0 spiro atoms. The molecule has 1 aliphatic heterocycles. The van der Waals surface area contributed by atoms with Gasteiger partial charge in [0.1, 0.15) is 0 Å². The van der Waals surface area contributed by atoms with Crippen LogP contribution in [0.5, 0.6) is 0 Å². The second-order valence-corrected chi connectivity index (χ2v) is 9.45. The summed E-state index contributed by atoms with van der Waals surface area (Å²) in [5, 5.41) is 46.4. The summed E-state index contributed by atoms with van der Waals surface area (Å²) in [6.45, 7) is -1.08. The van der Waals surface area contributed by atoms with Gasteiger partial charge in [-0.3, -0.25) is 38.7 Å². The van der Waals surface area contributed by atoms with Crippen LogP contribution in [-0.2, 0) is 24.0 Å². The first-order chi connectivity index (χ1) is 16.9. The van der Waals surface area contributed by atoms with Gasteiger partial charge in [-0.1, -0.05) is 38.5 Å². The van der Waals surface area contributed by atoms with Gasteiger partial charge in [-0.05, 0) is 12.8 Å². The van der Waals surface area contributed by atoms with Crippen molar-refractivity contribution in [3.05, 3.63) is 0 Å². The summed E-state index contributed by atoms with van der Waals surface area (Å²) < 4.78 is 0. The minimum atomic E-state index is -1.23. The van der Waals surface area contributed by atoms with Crippen LogP contribution in [-0.4, -0.2) is 128 Å². The molecule has 1 saturated heterocycles. The van der Waals surface area contributed by atoms with Crippen LogP contribution in [0.4, 0.5) is 0 Å². The minimum Gasteiger partial charge on any atom is -0.481 e. The topological polar surface area (TPSA) is 196 Å². The number of nitrogens with zero attached hydrogens (tertiary/aromatic N) is 3. The van der Waals surface area contributed by atoms with Gasteiger partial charge in [0.25, 0.3) is 0 Å². The van der Waals surface area contributed by atoms with Crippen molar-refractivity contribution < 1.29 is 49.5 Å². The Bertz CT molecular complexity index is 718. The Morgan fingerprint density at radius 2 is 1.00 bits per heavy atom. The van der Waals surface area contributed by atoms with Crippen molar-refractivity contribution >= 4 is 29.8 Å². The zero-order valence-electron chi connectivity index (χ0n) is 20.6. The smallest absolute Gasteiger partial charge is 0.317 e. The van der Waals surface area contributed by atoms with E-state index in [0.717, 1.165) is 32.1 Å². The van der Waals surface area contributed by atoms with E-state index in [9.17, 15) is 44.4 Å². The molecule has 0 aromatic heterocycles. The quantitative estimate of drug-likeness (QED) is 0.149. The maximum absolute atomic E-state index is 11.6. The van der Waals surface area contributed by atoms with Crippen LogP contribution in [0, 0.1) is 0 Å². The maximum Gasteiger partial charge on any atom is 0.317 e. The molecule has 1 aliphatic rings. The molecule has 0 aromatic rings. The number of hydrogen-bond donors (Lipinski definition) is 5. The number of carboxylic acids is 5. The van der Waals surface area contributed by atoms with Gasteiger partial charge in [0, 0.05) is 38.1 Å². The molecule has 0 amide bonds. The lowest BCUT2D eigenvalue weighted by Gasteiger charge is -2.45. The molecule has 13 nitrogen and oxygen atoms in total. The van der Waals surface area contributed by atoms with E-state index < -0.39 is 48.5 Å². The minimum absolute atomic E-state index is 0.102. The Morgan fingerprint density at radius 3 is 1.39 bits per heavy atom. The van der Waals surface area contributed by atoms with Crippen molar-refractivity contribution in [2.24, 2.45) is 0 Å². The maximum atomic E-state index is 11.6. The van der Waals surface area contributed by atoms with Gasteiger partial charge >= 0.3 is 29.8 Å². The van der Waals surface area contributed by atoms with Crippen LogP contribution in [0.3, 0.4) is 0 Å². The zero-order valence-corrected chi connectivity index (χ0v) is 20.6. The van der Waals surface area contributed by atoms with Gasteiger partial charge in [-0.2, -0.15) is 0 Å². The first kappa shape index (κ1) is 31.3. The number of carboxylic acid groups (broad SMARTS) is 5. The fourth-order valence-electron chi connectivity index (χ4n) is 4.82. The Kier molecular flexibility index (Phi) is 14.0. The zero-order chi connectivity index (χ0) is 27.1. The monoisotopic (exact) mass is 517 g/mol. The number of aliphatic carboxylic acids is 5. The lowest BCUT2D eigenvalue weighted by atomic mass is 9.88. The summed E-state index contributed by atoms with van der Waals surface area (Å²) in [7, 11) is 0. The SMILES string of the molecule is O=C(O)CCCCCCCCCC1(N(CC(=O)O)CC(=O)O)CN(CC(=O)O)CCN(CC(=O)O)C1. The summed E-state index contributed by atoms with van der Waals surface area (Å²) in [4.78, 5) is 61.3. The number of unbranched alkanes of at least 4 members (excludes halogenated alkanes) is 6. The molecule has 0 unspecified atom stereocenters. The number of rotatable bonds is 19. The third-order valence-electron chi connectivity index (χ3n) is 6.34. The highest BCUT2D eigenvalue weighted by atomic mass is 16.4. The average molecular weight is 518 g/mol. The average Bonchev–Trinajstić information content (AvgIpc) is 2.90. The van der Waals surface area contributed by atoms with Gasteiger partial charge in [0.15, 0.2) is 0 Å². The van der Waals surface area contributed by atoms with Gasteiger partial charge in [-0.25, -0.2) is 0 Å². The Hall–Kier alpha value is -2.77. The van der Waals surface area contributed by atoms with Crippen LogP contribution >= 0.6 is 0 Å². The van der Waals surface area contributed by atoms with E-state index >= 15 is 0 Å². The highest BCUT2D eigenvalue weighted by Crippen LogP contribution is 2.29. The van der Waals surface area contributed by atoms with E-state index in [-0.39, 0.29) is 45.7 Å². The van der Waals surface area contributed by atoms with E-state index in [0.29, 0.717) is 19.3 Å². The van der Waals surface area contributed by atoms with Crippen LogP contribution in [0.1, 0.15) is 57.8 Å². The molecule has 13 heteroatoms. The van der Waals surface area contributed by atoms with Crippen molar-refractivity contribution in [2.75, 3.05) is 52.4 Å². The lowest BCUT2D eigenvalue weighted by Crippen LogP contribution is -2.62. The largest absolute Gasteiger partial charge is 0.481 e. The molecule has 0 atom stereocenters. The van der Waals surface area contributed by atoms with Crippen LogP contribution < -0.4 is 0 Å². The van der Waals surface area contributed by atoms with E-state index in [4.69, 9.17) is 5.11 Å². The van der Waals surface area contributed by atoms with Crippen LogP contribution in [0.15, 0.2) is 0 Å². The van der Waals surface area contributed by atoms with E-state index in [1.807, 2.05) is 0 Å². The molecule has 206 valence electrons. The van der Waals surface area contributed by atoms with E-state index in [1.54, 1.807) is 9.80 Å². The van der Waals surface area contributed by atoms with Crippen molar-refractivity contribution in [3.63, 3.8) is 0 Å². The molecule has 5 N–H and O–H groups in total. The number of hydrogen-bond acceptors (Lipinski definition) is 8. The van der Waals surface area contributed by atoms with Crippen LogP contribution in [0.2, 0.25) is 0 Å². The van der Waals surface area contributed by atoms with Crippen molar-refractivity contribution in [1.29, 1.82) is 0 Å². The summed E-state index contributed by atoms with van der Waals surface area (Å²) >= 11 is 0. The Balaban J connectivity index is 3.03. The fourth-order valence-corrected chi connectivity index (χ4v) is 4.82. The predicted molar refractivity (Wildman–Crippen MR) is 127 cm³/mol. The van der Waals surface area contributed by atoms with Crippen molar-refractivity contribution in [2.45, 2.75) is 63.3 Å². The number of carbonyl (C=O) groups is 5. The van der Waals surface area contributed by atoms with Crippen molar-refractivity contribution in [3.8, 4) is 0 Å². The molecular weight excluding hydrogens is 478 g/mol. The first-order valence-electron chi connectivity index (χ1n) is 12.2. The molecule has 1 fully saturated rings. The normalized spacial score (nSPS) is 16.5. The molecule has 0 saturated carbocycles. The lowest BCUT2D eigenvalue weighted by molar-refractivity contribution is -0.148.